The third kappa shape index (κ3) is 2.84. The zero-order valence-electron chi connectivity index (χ0n) is 8.75. The molecule has 0 aliphatic rings. The Morgan fingerprint density at radius 2 is 2.23 bits per heavy atom. The van der Waals surface area contributed by atoms with Gasteiger partial charge in [-0.3, -0.25) is 4.68 Å². The van der Waals surface area contributed by atoms with E-state index in [1.807, 2.05) is 11.7 Å². The molecule has 0 bridgehead atoms. The highest BCUT2D eigenvalue weighted by atomic mass is 15.3. The van der Waals surface area contributed by atoms with E-state index in [4.69, 9.17) is 5.73 Å². The summed E-state index contributed by atoms with van der Waals surface area (Å²) in [6, 6.07) is 2.16. The van der Waals surface area contributed by atoms with E-state index in [0.717, 1.165) is 12.8 Å². The van der Waals surface area contributed by atoms with Gasteiger partial charge in [0.15, 0.2) is 0 Å². The van der Waals surface area contributed by atoms with Crippen LogP contribution in [0.3, 0.4) is 0 Å². The molecule has 0 aromatic carbocycles. The molecular weight excluding hydrogens is 162 g/mol. The molecule has 0 amide bonds. The fourth-order valence-electron chi connectivity index (χ4n) is 1.47. The molecule has 0 saturated carbocycles. The fourth-order valence-corrected chi connectivity index (χ4v) is 1.47. The first kappa shape index (κ1) is 10.3. The van der Waals surface area contributed by atoms with E-state index < -0.39 is 0 Å². The van der Waals surface area contributed by atoms with Crippen LogP contribution in [0.2, 0.25) is 0 Å². The van der Waals surface area contributed by atoms with Crippen molar-refractivity contribution in [1.82, 2.24) is 9.78 Å². The maximum atomic E-state index is 5.50. The van der Waals surface area contributed by atoms with Crippen molar-refractivity contribution in [1.29, 1.82) is 0 Å². The molecule has 1 rings (SSSR count). The van der Waals surface area contributed by atoms with Gasteiger partial charge in [-0.15, -0.1) is 0 Å². The normalized spacial score (nSPS) is 11.2. The third-order valence-electron chi connectivity index (χ3n) is 2.05. The van der Waals surface area contributed by atoms with E-state index in [9.17, 15) is 0 Å². The van der Waals surface area contributed by atoms with Gasteiger partial charge in [0.25, 0.3) is 0 Å². The van der Waals surface area contributed by atoms with Crippen LogP contribution in [0.15, 0.2) is 6.07 Å². The predicted octanol–water partition coefficient (Wildman–Crippen LogP) is 1.12. The number of hydrogen-bond acceptors (Lipinski definition) is 2. The van der Waals surface area contributed by atoms with Gasteiger partial charge in [-0.25, -0.2) is 0 Å². The number of rotatable bonds is 4. The van der Waals surface area contributed by atoms with Gasteiger partial charge in [-0.2, -0.15) is 5.10 Å². The number of aromatic nitrogens is 2. The SMILES string of the molecule is CC(C)Cc1cc(CCN)n(C)n1. The molecular formula is C10H19N3. The molecule has 0 spiro atoms. The summed E-state index contributed by atoms with van der Waals surface area (Å²) in [6.07, 6.45) is 1.97. The van der Waals surface area contributed by atoms with Gasteiger partial charge in [-0.05, 0) is 24.9 Å². The van der Waals surface area contributed by atoms with Crippen molar-refractivity contribution in [3.05, 3.63) is 17.5 Å². The highest BCUT2D eigenvalue weighted by Crippen LogP contribution is 2.08. The molecule has 0 unspecified atom stereocenters. The summed E-state index contributed by atoms with van der Waals surface area (Å²) in [7, 11) is 1.98. The average molecular weight is 181 g/mol. The van der Waals surface area contributed by atoms with Crippen molar-refractivity contribution in [3.8, 4) is 0 Å². The van der Waals surface area contributed by atoms with Crippen molar-refractivity contribution in [2.45, 2.75) is 26.7 Å². The summed E-state index contributed by atoms with van der Waals surface area (Å²) >= 11 is 0. The molecule has 0 saturated heterocycles. The summed E-state index contributed by atoms with van der Waals surface area (Å²) in [5, 5.41) is 4.43. The van der Waals surface area contributed by atoms with E-state index in [1.54, 1.807) is 0 Å². The van der Waals surface area contributed by atoms with Crippen molar-refractivity contribution >= 4 is 0 Å². The van der Waals surface area contributed by atoms with Gasteiger partial charge in [0.2, 0.25) is 0 Å². The second-order valence-corrected chi connectivity index (χ2v) is 3.89. The smallest absolute Gasteiger partial charge is 0.0629 e. The van der Waals surface area contributed by atoms with E-state index in [2.05, 4.69) is 25.0 Å². The number of nitrogens with zero attached hydrogens (tertiary/aromatic N) is 2. The average Bonchev–Trinajstić information content (AvgIpc) is 2.31. The van der Waals surface area contributed by atoms with E-state index in [1.165, 1.54) is 11.4 Å². The molecule has 0 radical (unpaired) electrons. The van der Waals surface area contributed by atoms with Crippen molar-refractivity contribution in [2.75, 3.05) is 6.54 Å². The minimum atomic E-state index is 0.667. The second-order valence-electron chi connectivity index (χ2n) is 3.89. The van der Waals surface area contributed by atoms with Crippen LogP contribution >= 0.6 is 0 Å². The predicted molar refractivity (Wildman–Crippen MR) is 54.5 cm³/mol. The summed E-state index contributed by atoms with van der Waals surface area (Å²) in [5.74, 6) is 0.667. The fraction of sp³-hybridized carbons (Fsp3) is 0.700. The van der Waals surface area contributed by atoms with Crippen LogP contribution in [-0.2, 0) is 19.9 Å². The second kappa shape index (κ2) is 4.42. The third-order valence-corrected chi connectivity index (χ3v) is 2.05. The van der Waals surface area contributed by atoms with E-state index in [0.29, 0.717) is 12.5 Å². The first-order valence-electron chi connectivity index (χ1n) is 4.85. The van der Waals surface area contributed by atoms with Crippen LogP contribution < -0.4 is 5.73 Å². The van der Waals surface area contributed by atoms with E-state index in [-0.39, 0.29) is 0 Å². The lowest BCUT2D eigenvalue weighted by Crippen LogP contribution is -2.07. The van der Waals surface area contributed by atoms with Gasteiger partial charge in [0.05, 0.1) is 5.69 Å². The number of nitrogens with two attached hydrogens (primary N) is 1. The molecule has 1 aromatic heterocycles. The van der Waals surface area contributed by atoms with Crippen LogP contribution in [0.1, 0.15) is 25.2 Å². The summed E-state index contributed by atoms with van der Waals surface area (Å²) in [6.45, 7) is 5.11. The summed E-state index contributed by atoms with van der Waals surface area (Å²) in [5.41, 5.74) is 7.91. The Morgan fingerprint density at radius 1 is 1.54 bits per heavy atom. The Labute approximate surface area is 79.9 Å². The standard InChI is InChI=1S/C10H19N3/c1-8(2)6-9-7-10(4-5-11)13(3)12-9/h7-8H,4-6,11H2,1-3H3. The Kier molecular flexibility index (Phi) is 3.48. The Morgan fingerprint density at radius 3 is 2.77 bits per heavy atom. The molecule has 13 heavy (non-hydrogen) atoms. The topological polar surface area (TPSA) is 43.8 Å². The largest absolute Gasteiger partial charge is 0.330 e. The number of hydrogen-bond donors (Lipinski definition) is 1. The van der Waals surface area contributed by atoms with Gasteiger partial charge in [-0.1, -0.05) is 13.8 Å². The van der Waals surface area contributed by atoms with Crippen LogP contribution in [-0.4, -0.2) is 16.3 Å². The van der Waals surface area contributed by atoms with Crippen molar-refractivity contribution < 1.29 is 0 Å². The first-order valence-corrected chi connectivity index (χ1v) is 4.85. The molecule has 1 aromatic rings. The number of aryl methyl sites for hydroxylation is 1. The van der Waals surface area contributed by atoms with Gasteiger partial charge >= 0.3 is 0 Å². The van der Waals surface area contributed by atoms with Crippen LogP contribution in [0.25, 0.3) is 0 Å². The van der Waals surface area contributed by atoms with Crippen LogP contribution in [0.5, 0.6) is 0 Å². The molecule has 1 heterocycles. The van der Waals surface area contributed by atoms with Gasteiger partial charge < -0.3 is 5.73 Å². The molecule has 74 valence electrons. The highest BCUT2D eigenvalue weighted by Gasteiger charge is 2.05. The van der Waals surface area contributed by atoms with Crippen LogP contribution in [0.4, 0.5) is 0 Å². The summed E-state index contributed by atoms with van der Waals surface area (Å²) in [4.78, 5) is 0. The molecule has 0 aliphatic carbocycles. The quantitative estimate of drug-likeness (QED) is 0.756. The Hall–Kier alpha value is -0.830. The van der Waals surface area contributed by atoms with Crippen molar-refractivity contribution in [3.63, 3.8) is 0 Å². The lowest BCUT2D eigenvalue weighted by Gasteiger charge is -1.98. The molecule has 3 nitrogen and oxygen atoms in total. The first-order chi connectivity index (χ1) is 6.13. The lowest BCUT2D eigenvalue weighted by molar-refractivity contribution is 0.616. The minimum absolute atomic E-state index is 0.667. The molecule has 2 N–H and O–H groups in total. The molecule has 0 fully saturated rings. The Bertz CT molecular complexity index is 263. The molecule has 0 aliphatic heterocycles. The zero-order chi connectivity index (χ0) is 9.84. The maximum absolute atomic E-state index is 5.50. The van der Waals surface area contributed by atoms with Gasteiger partial charge in [0, 0.05) is 19.2 Å². The minimum Gasteiger partial charge on any atom is -0.330 e. The monoisotopic (exact) mass is 181 g/mol. The van der Waals surface area contributed by atoms with E-state index >= 15 is 0 Å². The summed E-state index contributed by atoms with van der Waals surface area (Å²) < 4.78 is 1.94. The highest BCUT2D eigenvalue weighted by molar-refractivity contribution is 5.11. The lowest BCUT2D eigenvalue weighted by atomic mass is 10.1. The zero-order valence-corrected chi connectivity index (χ0v) is 8.75. The maximum Gasteiger partial charge on any atom is 0.0629 e. The van der Waals surface area contributed by atoms with Crippen LogP contribution in [0, 0.1) is 5.92 Å². The van der Waals surface area contributed by atoms with Gasteiger partial charge in [0.1, 0.15) is 0 Å². The van der Waals surface area contributed by atoms with Crippen molar-refractivity contribution in [2.24, 2.45) is 18.7 Å². The molecule has 0 atom stereocenters. The Balaban J connectivity index is 2.70. The molecule has 3 heteroatoms.